The predicted octanol–water partition coefficient (Wildman–Crippen LogP) is -1.79. The van der Waals surface area contributed by atoms with Crippen LogP contribution in [0.2, 0.25) is 0 Å². The van der Waals surface area contributed by atoms with Gasteiger partial charge in [-0.15, -0.1) is 13.2 Å². The molecule has 0 spiro atoms. The van der Waals surface area contributed by atoms with Gasteiger partial charge in [0.15, 0.2) is 0 Å². The number of nitrogens with one attached hydrogen (secondary N) is 2. The Bertz CT molecular complexity index is 187. The molecule has 0 unspecified atom stereocenters. The van der Waals surface area contributed by atoms with E-state index in [0.717, 1.165) is 0 Å². The summed E-state index contributed by atoms with van der Waals surface area (Å²) in [6.45, 7) is 7.06. The second-order valence-electron chi connectivity index (χ2n) is 1.91. The average Bonchev–Trinajstić information content (AvgIpc) is 2.12. The molecule has 7 heteroatoms. The van der Waals surface area contributed by atoms with Crippen LogP contribution in [0.25, 0.3) is 0 Å². The van der Waals surface area contributed by atoms with Gasteiger partial charge in [0.1, 0.15) is 12.2 Å². The van der Waals surface area contributed by atoms with E-state index in [-0.39, 0.29) is 30.2 Å². The Morgan fingerprint density at radius 2 is 1.27 bits per heavy atom. The van der Waals surface area contributed by atoms with Crippen LogP contribution in [0, 0.1) is 0 Å². The quantitative estimate of drug-likeness (QED) is 0.462. The van der Waals surface area contributed by atoms with E-state index in [1.165, 1.54) is 12.2 Å². The van der Waals surface area contributed by atoms with Gasteiger partial charge in [-0.1, -0.05) is 12.2 Å². The second-order valence-corrected chi connectivity index (χ2v) is 1.91. The number of hydrogen-bond acceptors (Lipinski definition) is 4. The van der Waals surface area contributed by atoms with Crippen molar-refractivity contribution >= 4 is 12.2 Å². The number of carbonyl (C=O) groups is 2. The molecule has 0 fully saturated rings. The summed E-state index contributed by atoms with van der Waals surface area (Å²) in [7, 11) is 0. The molecule has 0 bridgehead atoms. The Kier molecular flexibility index (Phi) is 19.2. The molecule has 1 radical (unpaired) electrons. The summed E-state index contributed by atoms with van der Waals surface area (Å²) in [5.41, 5.74) is 0. The predicted molar refractivity (Wildman–Crippen MR) is 47.2 cm³/mol. The zero-order valence-corrected chi connectivity index (χ0v) is 8.86. The number of carbonyl (C=O) groups excluding carboxylic acids is 2. The molecule has 0 aliphatic rings. The van der Waals surface area contributed by atoms with Gasteiger partial charge >= 0.3 is 17.1 Å². The van der Waals surface area contributed by atoms with Crippen LogP contribution in [0.4, 0.5) is 9.59 Å². The number of amides is 2. The number of carboxylic acid groups (broad SMARTS) is 2. The van der Waals surface area contributed by atoms with Crippen LogP contribution in [-0.4, -0.2) is 25.3 Å². The fourth-order valence-electron chi connectivity index (χ4n) is 0.311. The molecule has 0 aliphatic carbocycles. The van der Waals surface area contributed by atoms with Crippen molar-refractivity contribution in [3.63, 3.8) is 0 Å². The van der Waals surface area contributed by atoms with Crippen LogP contribution in [-0.2, 0) is 17.1 Å². The molecular formula is C8H12CuN2O4. The van der Waals surface area contributed by atoms with Crippen molar-refractivity contribution in [2.75, 3.05) is 13.1 Å². The van der Waals surface area contributed by atoms with Crippen LogP contribution in [0.15, 0.2) is 25.3 Å². The minimum Gasteiger partial charge on any atom is -0.530 e. The Morgan fingerprint density at radius 1 is 1.00 bits per heavy atom. The smallest absolute Gasteiger partial charge is 0.530 e. The van der Waals surface area contributed by atoms with Gasteiger partial charge in [-0.25, -0.2) is 0 Å². The van der Waals surface area contributed by atoms with Gasteiger partial charge in [-0.3, -0.25) is 0 Å². The molecule has 0 aromatic heterocycles. The molecule has 0 aromatic rings. The summed E-state index contributed by atoms with van der Waals surface area (Å²) >= 11 is 0. The standard InChI is InChI=1S/2C4H7NO2.Cu/c2*1-2-3-5-4(6)7;/h2*2,5H,1,3H2,(H,6,7);/q;;+2/p-2. The first-order chi connectivity index (χ1) is 6.54. The summed E-state index contributed by atoms with van der Waals surface area (Å²) in [4.78, 5) is 19.0. The van der Waals surface area contributed by atoms with Crippen molar-refractivity contribution in [3.05, 3.63) is 25.3 Å². The fraction of sp³-hybridized carbons (Fsp3) is 0.250. The number of rotatable bonds is 4. The van der Waals surface area contributed by atoms with Crippen molar-refractivity contribution in [2.45, 2.75) is 0 Å². The maximum absolute atomic E-state index is 9.49. The molecular weight excluding hydrogens is 252 g/mol. The minimum absolute atomic E-state index is 0. The maximum Gasteiger partial charge on any atom is 2.00 e. The van der Waals surface area contributed by atoms with Crippen LogP contribution >= 0.6 is 0 Å². The van der Waals surface area contributed by atoms with Gasteiger partial charge in [0.05, 0.1) is 0 Å². The summed E-state index contributed by atoms with van der Waals surface area (Å²) in [5.74, 6) is 0. The summed E-state index contributed by atoms with van der Waals surface area (Å²) in [6.07, 6.45) is 0.353. The molecule has 89 valence electrons. The summed E-state index contributed by atoms with van der Waals surface area (Å²) < 4.78 is 0. The van der Waals surface area contributed by atoms with Gasteiger partial charge in [-0.05, 0) is 0 Å². The SMILES string of the molecule is C=CCNC(=O)[O-].C=CCNC(=O)[O-].[Cu+2]. The van der Waals surface area contributed by atoms with E-state index in [2.05, 4.69) is 13.2 Å². The van der Waals surface area contributed by atoms with E-state index in [4.69, 9.17) is 0 Å². The van der Waals surface area contributed by atoms with Crippen LogP contribution in [0.5, 0.6) is 0 Å². The molecule has 0 aliphatic heterocycles. The molecule has 0 rings (SSSR count). The molecule has 0 heterocycles. The summed E-state index contributed by atoms with van der Waals surface area (Å²) in [5, 5.41) is 22.9. The molecule has 6 nitrogen and oxygen atoms in total. The zero-order valence-electron chi connectivity index (χ0n) is 7.92. The minimum atomic E-state index is -1.26. The van der Waals surface area contributed by atoms with Crippen molar-refractivity contribution in [1.82, 2.24) is 10.6 Å². The molecule has 0 saturated carbocycles. The van der Waals surface area contributed by atoms with Crippen molar-refractivity contribution < 1.29 is 36.9 Å². The van der Waals surface area contributed by atoms with E-state index in [1.807, 2.05) is 10.6 Å². The molecule has 0 atom stereocenters. The molecule has 0 saturated heterocycles. The van der Waals surface area contributed by atoms with Crippen LogP contribution < -0.4 is 20.8 Å². The molecule has 15 heavy (non-hydrogen) atoms. The van der Waals surface area contributed by atoms with E-state index < -0.39 is 12.2 Å². The van der Waals surface area contributed by atoms with Crippen LogP contribution in [0.1, 0.15) is 0 Å². The van der Waals surface area contributed by atoms with Gasteiger partial charge in [-0.2, -0.15) is 0 Å². The van der Waals surface area contributed by atoms with Gasteiger partial charge in [0.2, 0.25) is 0 Å². The Morgan fingerprint density at radius 3 is 1.33 bits per heavy atom. The third-order valence-electron chi connectivity index (χ3n) is 0.781. The first kappa shape index (κ1) is 19.2. The normalized spacial score (nSPS) is 6.93. The first-order valence-electron chi connectivity index (χ1n) is 3.66. The van der Waals surface area contributed by atoms with Crippen molar-refractivity contribution in [1.29, 1.82) is 0 Å². The monoisotopic (exact) mass is 263 g/mol. The second kappa shape index (κ2) is 15.0. The third-order valence-corrected chi connectivity index (χ3v) is 0.781. The van der Waals surface area contributed by atoms with E-state index in [9.17, 15) is 19.8 Å². The van der Waals surface area contributed by atoms with E-state index >= 15 is 0 Å². The maximum atomic E-state index is 9.49. The van der Waals surface area contributed by atoms with Crippen molar-refractivity contribution in [3.8, 4) is 0 Å². The molecule has 2 amide bonds. The third kappa shape index (κ3) is 32.6. The van der Waals surface area contributed by atoms with E-state index in [0.29, 0.717) is 0 Å². The number of hydrogen-bond donors (Lipinski definition) is 2. The van der Waals surface area contributed by atoms with Crippen molar-refractivity contribution in [2.24, 2.45) is 0 Å². The average molecular weight is 264 g/mol. The Labute approximate surface area is 98.5 Å². The van der Waals surface area contributed by atoms with Gasteiger partial charge < -0.3 is 30.4 Å². The summed E-state index contributed by atoms with van der Waals surface area (Å²) in [6, 6.07) is 0. The van der Waals surface area contributed by atoms with E-state index in [1.54, 1.807) is 0 Å². The first-order valence-corrected chi connectivity index (χ1v) is 3.66. The van der Waals surface area contributed by atoms with Crippen LogP contribution in [0.3, 0.4) is 0 Å². The molecule has 0 aromatic carbocycles. The zero-order chi connectivity index (χ0) is 11.4. The fourth-order valence-corrected chi connectivity index (χ4v) is 0.311. The topological polar surface area (TPSA) is 104 Å². The molecule has 2 N–H and O–H groups in total. The Hall–Kier alpha value is -1.46. The Balaban J connectivity index is -0.000000180. The van der Waals surface area contributed by atoms with Gasteiger partial charge in [0, 0.05) is 13.1 Å². The largest absolute Gasteiger partial charge is 2.00 e. The van der Waals surface area contributed by atoms with Gasteiger partial charge in [0.25, 0.3) is 0 Å².